The molecule has 7 nitrogen and oxygen atoms in total. The normalized spacial score (nSPS) is 16.8. The Balaban J connectivity index is 1.62. The molecule has 1 aliphatic rings. The third kappa shape index (κ3) is 4.66. The molecule has 0 saturated carbocycles. The number of benzene rings is 2. The standard InChI is InChI=1S/C21H22ClN3O4S/c1-30(27,28)20-10-16(23-21(26)8-15-4-2-3-5-18(15)22)9-19-17(20)12-25(24-19)11-14-6-7-29-13-14/h2-5,9-10,12,14H,6-8,11,13H2,1H3,(H,23,26). The molecule has 2 heterocycles. The van der Waals surface area contributed by atoms with E-state index in [9.17, 15) is 13.2 Å². The van der Waals surface area contributed by atoms with Gasteiger partial charge in [-0.3, -0.25) is 9.48 Å². The number of ether oxygens (including phenoxy) is 1. The monoisotopic (exact) mass is 447 g/mol. The van der Waals surface area contributed by atoms with Crippen molar-refractivity contribution in [1.82, 2.24) is 9.78 Å². The van der Waals surface area contributed by atoms with Crippen LogP contribution in [0.15, 0.2) is 47.5 Å². The number of hydrogen-bond acceptors (Lipinski definition) is 5. The van der Waals surface area contributed by atoms with Crippen molar-refractivity contribution in [2.24, 2.45) is 5.92 Å². The lowest BCUT2D eigenvalue weighted by molar-refractivity contribution is -0.115. The van der Waals surface area contributed by atoms with Crippen molar-refractivity contribution in [2.45, 2.75) is 24.3 Å². The molecule has 1 fully saturated rings. The van der Waals surface area contributed by atoms with Gasteiger partial charge in [-0.05, 0) is 30.2 Å². The van der Waals surface area contributed by atoms with Gasteiger partial charge in [0.15, 0.2) is 9.84 Å². The van der Waals surface area contributed by atoms with Crippen molar-refractivity contribution in [3.8, 4) is 0 Å². The van der Waals surface area contributed by atoms with Gasteiger partial charge >= 0.3 is 0 Å². The number of carbonyl (C=O) groups is 1. The van der Waals surface area contributed by atoms with E-state index in [1.54, 1.807) is 35.1 Å². The summed E-state index contributed by atoms with van der Waals surface area (Å²) in [6.07, 6.45) is 3.94. The molecule has 1 aliphatic heterocycles. The van der Waals surface area contributed by atoms with Crippen LogP contribution in [0.1, 0.15) is 12.0 Å². The molecule has 1 N–H and O–H groups in total. The number of hydrogen-bond donors (Lipinski definition) is 1. The highest BCUT2D eigenvalue weighted by atomic mass is 35.5. The first-order valence-corrected chi connectivity index (χ1v) is 11.9. The van der Waals surface area contributed by atoms with E-state index in [-0.39, 0.29) is 17.2 Å². The second kappa shape index (κ2) is 8.37. The SMILES string of the molecule is CS(=O)(=O)c1cc(NC(=O)Cc2ccccc2Cl)cc2nn(CC3CCOC3)cc12. The summed E-state index contributed by atoms with van der Waals surface area (Å²) in [5.41, 5.74) is 1.60. The maximum Gasteiger partial charge on any atom is 0.228 e. The van der Waals surface area contributed by atoms with Crippen molar-refractivity contribution < 1.29 is 17.9 Å². The lowest BCUT2D eigenvalue weighted by Crippen LogP contribution is -2.15. The van der Waals surface area contributed by atoms with Gasteiger partial charge in [0.05, 0.1) is 23.4 Å². The largest absolute Gasteiger partial charge is 0.381 e. The van der Waals surface area contributed by atoms with Gasteiger partial charge in [-0.1, -0.05) is 29.8 Å². The van der Waals surface area contributed by atoms with Gasteiger partial charge in [0.1, 0.15) is 0 Å². The highest BCUT2D eigenvalue weighted by Gasteiger charge is 2.20. The average molecular weight is 448 g/mol. The van der Waals surface area contributed by atoms with Crippen LogP contribution in [0.2, 0.25) is 5.02 Å². The second-order valence-corrected chi connectivity index (χ2v) is 9.97. The number of carbonyl (C=O) groups excluding carboxylic acids is 1. The lowest BCUT2D eigenvalue weighted by atomic mass is 10.1. The third-order valence-corrected chi connectivity index (χ3v) is 6.60. The van der Waals surface area contributed by atoms with Crippen LogP contribution in [0.5, 0.6) is 0 Å². The molecular weight excluding hydrogens is 426 g/mol. The molecule has 9 heteroatoms. The van der Waals surface area contributed by atoms with Crippen molar-refractivity contribution in [3.05, 3.63) is 53.2 Å². The fourth-order valence-corrected chi connectivity index (χ4v) is 4.73. The molecule has 4 rings (SSSR count). The van der Waals surface area contributed by atoms with E-state index in [1.807, 2.05) is 6.07 Å². The van der Waals surface area contributed by atoms with Crippen molar-refractivity contribution in [3.63, 3.8) is 0 Å². The fraction of sp³-hybridized carbons (Fsp3) is 0.333. The zero-order valence-electron chi connectivity index (χ0n) is 16.5. The van der Waals surface area contributed by atoms with E-state index in [1.165, 1.54) is 6.07 Å². The molecule has 2 aromatic carbocycles. The summed E-state index contributed by atoms with van der Waals surface area (Å²) >= 11 is 6.13. The van der Waals surface area contributed by atoms with Crippen molar-refractivity contribution >= 4 is 43.9 Å². The lowest BCUT2D eigenvalue weighted by Gasteiger charge is -2.09. The van der Waals surface area contributed by atoms with Crippen LogP contribution in [0.3, 0.4) is 0 Å². The number of rotatable bonds is 6. The Morgan fingerprint density at radius 2 is 2.13 bits per heavy atom. The van der Waals surface area contributed by atoms with Crippen LogP contribution in [0.25, 0.3) is 10.9 Å². The number of nitrogens with zero attached hydrogens (tertiary/aromatic N) is 2. The minimum atomic E-state index is -3.52. The van der Waals surface area contributed by atoms with Crippen LogP contribution in [-0.2, 0) is 32.3 Å². The number of halogens is 1. The third-order valence-electron chi connectivity index (χ3n) is 5.10. The molecule has 1 amide bonds. The minimum Gasteiger partial charge on any atom is -0.381 e. The Morgan fingerprint density at radius 3 is 2.83 bits per heavy atom. The molecule has 1 saturated heterocycles. The number of amides is 1. The Morgan fingerprint density at radius 1 is 1.33 bits per heavy atom. The number of aromatic nitrogens is 2. The number of sulfone groups is 1. The van der Waals surface area contributed by atoms with Gasteiger partial charge < -0.3 is 10.1 Å². The molecule has 0 radical (unpaired) electrons. The fourth-order valence-electron chi connectivity index (χ4n) is 3.62. The smallest absolute Gasteiger partial charge is 0.228 e. The highest BCUT2D eigenvalue weighted by Crippen LogP contribution is 2.28. The molecule has 158 valence electrons. The summed E-state index contributed by atoms with van der Waals surface area (Å²) in [6, 6.07) is 10.3. The van der Waals surface area contributed by atoms with Gasteiger partial charge in [0, 0.05) is 47.6 Å². The Bertz CT molecular complexity index is 1200. The second-order valence-electron chi connectivity index (χ2n) is 7.58. The minimum absolute atomic E-state index is 0.0854. The molecule has 1 aromatic heterocycles. The van der Waals surface area contributed by atoms with Crippen LogP contribution in [-0.4, -0.2) is 43.6 Å². The molecular formula is C21H22ClN3O4S. The highest BCUT2D eigenvalue weighted by molar-refractivity contribution is 7.91. The summed E-state index contributed by atoms with van der Waals surface area (Å²) < 4.78 is 31.9. The summed E-state index contributed by atoms with van der Waals surface area (Å²) in [4.78, 5) is 12.6. The summed E-state index contributed by atoms with van der Waals surface area (Å²) in [6.45, 7) is 2.08. The Hall–Kier alpha value is -2.42. The van der Waals surface area contributed by atoms with E-state index < -0.39 is 9.84 Å². The number of fused-ring (bicyclic) bond motifs is 1. The zero-order chi connectivity index (χ0) is 21.3. The number of anilines is 1. The quantitative estimate of drug-likeness (QED) is 0.626. The summed E-state index contributed by atoms with van der Waals surface area (Å²) in [7, 11) is -3.52. The predicted octanol–water partition coefficient (Wildman–Crippen LogP) is 3.31. The van der Waals surface area contributed by atoms with Crippen molar-refractivity contribution in [1.29, 1.82) is 0 Å². The van der Waals surface area contributed by atoms with Crippen LogP contribution < -0.4 is 5.32 Å². The van der Waals surface area contributed by atoms with Gasteiger partial charge in [0.2, 0.25) is 5.91 Å². The maximum absolute atomic E-state index is 12.5. The molecule has 1 unspecified atom stereocenters. The van der Waals surface area contributed by atoms with E-state index in [0.29, 0.717) is 46.2 Å². The molecule has 0 aliphatic carbocycles. The molecule has 30 heavy (non-hydrogen) atoms. The first-order valence-electron chi connectivity index (χ1n) is 9.62. The van der Waals surface area contributed by atoms with E-state index >= 15 is 0 Å². The Labute approximate surface area is 179 Å². The predicted molar refractivity (Wildman–Crippen MR) is 116 cm³/mol. The topological polar surface area (TPSA) is 90.3 Å². The van der Waals surface area contributed by atoms with Gasteiger partial charge in [-0.25, -0.2) is 8.42 Å². The zero-order valence-corrected chi connectivity index (χ0v) is 18.0. The van der Waals surface area contributed by atoms with E-state index in [4.69, 9.17) is 16.3 Å². The van der Waals surface area contributed by atoms with Crippen molar-refractivity contribution in [2.75, 3.05) is 24.8 Å². The molecule has 3 aromatic rings. The van der Waals surface area contributed by atoms with Crippen LogP contribution in [0.4, 0.5) is 5.69 Å². The Kier molecular flexibility index (Phi) is 5.81. The average Bonchev–Trinajstić information content (AvgIpc) is 3.31. The maximum atomic E-state index is 12.5. The molecule has 0 spiro atoms. The van der Waals surface area contributed by atoms with Gasteiger partial charge in [0.25, 0.3) is 0 Å². The summed E-state index contributed by atoms with van der Waals surface area (Å²) in [5, 5.41) is 8.37. The molecule has 0 bridgehead atoms. The molecule has 1 atom stereocenters. The van der Waals surface area contributed by atoms with Crippen LogP contribution >= 0.6 is 11.6 Å². The van der Waals surface area contributed by atoms with Gasteiger partial charge in [-0.15, -0.1) is 0 Å². The first-order chi connectivity index (χ1) is 14.3. The van der Waals surface area contributed by atoms with E-state index in [2.05, 4.69) is 10.4 Å². The summed E-state index contributed by atoms with van der Waals surface area (Å²) in [5.74, 6) is 0.0697. The number of nitrogens with one attached hydrogen (secondary N) is 1. The van der Waals surface area contributed by atoms with Crippen LogP contribution in [0, 0.1) is 5.92 Å². The van der Waals surface area contributed by atoms with E-state index in [0.717, 1.165) is 19.3 Å². The first kappa shape index (κ1) is 20.8. The van der Waals surface area contributed by atoms with Gasteiger partial charge in [-0.2, -0.15) is 5.10 Å².